The van der Waals surface area contributed by atoms with Crippen molar-refractivity contribution in [3.05, 3.63) is 42.5 Å². The lowest BCUT2D eigenvalue weighted by Gasteiger charge is -2.27. The SMILES string of the molecule is C=CCN(CCOC)c1ccccc1[C@H](N)CC. The normalized spacial score (nSPS) is 12.2. The molecule has 1 atom stereocenters. The maximum absolute atomic E-state index is 6.17. The third kappa shape index (κ3) is 3.86. The molecule has 0 saturated heterocycles. The van der Waals surface area contributed by atoms with Crippen LogP contribution in [0, 0.1) is 0 Å². The van der Waals surface area contributed by atoms with Crippen LogP contribution in [0.2, 0.25) is 0 Å². The van der Waals surface area contributed by atoms with E-state index in [-0.39, 0.29) is 6.04 Å². The lowest BCUT2D eigenvalue weighted by molar-refractivity contribution is 0.205. The van der Waals surface area contributed by atoms with E-state index in [2.05, 4.69) is 30.5 Å². The third-order valence-electron chi connectivity index (χ3n) is 3.03. The molecule has 0 unspecified atom stereocenters. The fourth-order valence-electron chi connectivity index (χ4n) is 1.98. The molecule has 0 heterocycles. The van der Waals surface area contributed by atoms with Gasteiger partial charge in [-0.3, -0.25) is 0 Å². The minimum Gasteiger partial charge on any atom is -0.383 e. The fraction of sp³-hybridized carbons (Fsp3) is 0.467. The number of nitrogens with zero attached hydrogens (tertiary/aromatic N) is 1. The van der Waals surface area contributed by atoms with Gasteiger partial charge in [-0.05, 0) is 18.1 Å². The van der Waals surface area contributed by atoms with Crippen molar-refractivity contribution in [2.24, 2.45) is 5.73 Å². The van der Waals surface area contributed by atoms with Crippen molar-refractivity contribution in [3.8, 4) is 0 Å². The molecule has 1 aromatic carbocycles. The first-order valence-electron chi connectivity index (χ1n) is 6.43. The lowest BCUT2D eigenvalue weighted by Crippen LogP contribution is -2.29. The molecule has 0 aliphatic rings. The summed E-state index contributed by atoms with van der Waals surface area (Å²) in [5.74, 6) is 0. The Morgan fingerprint density at radius 1 is 1.44 bits per heavy atom. The number of nitrogens with two attached hydrogens (primary N) is 1. The largest absolute Gasteiger partial charge is 0.383 e. The molecule has 0 aromatic heterocycles. The summed E-state index contributed by atoms with van der Waals surface area (Å²) in [4.78, 5) is 2.25. The Morgan fingerprint density at radius 3 is 2.78 bits per heavy atom. The van der Waals surface area contributed by atoms with Gasteiger partial charge in [-0.15, -0.1) is 6.58 Å². The average Bonchev–Trinajstić information content (AvgIpc) is 2.42. The van der Waals surface area contributed by atoms with Crippen LogP contribution in [0.3, 0.4) is 0 Å². The number of ether oxygens (including phenoxy) is 1. The molecule has 3 heteroatoms. The van der Waals surface area contributed by atoms with Crippen molar-refractivity contribution in [3.63, 3.8) is 0 Å². The van der Waals surface area contributed by atoms with Crippen LogP contribution in [-0.2, 0) is 4.74 Å². The molecule has 1 aromatic rings. The molecular formula is C15H24N2O. The third-order valence-corrected chi connectivity index (χ3v) is 3.03. The van der Waals surface area contributed by atoms with E-state index in [9.17, 15) is 0 Å². The van der Waals surface area contributed by atoms with Gasteiger partial charge in [0.2, 0.25) is 0 Å². The minimum atomic E-state index is 0.0797. The first kappa shape index (κ1) is 14.7. The van der Waals surface area contributed by atoms with Crippen LogP contribution in [-0.4, -0.2) is 26.8 Å². The second-order valence-corrected chi connectivity index (χ2v) is 4.30. The summed E-state index contributed by atoms with van der Waals surface area (Å²) < 4.78 is 5.16. The van der Waals surface area contributed by atoms with Crippen LogP contribution < -0.4 is 10.6 Å². The molecule has 18 heavy (non-hydrogen) atoms. The van der Waals surface area contributed by atoms with Crippen LogP contribution in [0.5, 0.6) is 0 Å². The highest BCUT2D eigenvalue weighted by molar-refractivity contribution is 5.55. The number of methoxy groups -OCH3 is 1. The quantitative estimate of drug-likeness (QED) is 0.719. The minimum absolute atomic E-state index is 0.0797. The van der Waals surface area contributed by atoms with Crippen LogP contribution in [0.15, 0.2) is 36.9 Å². The lowest BCUT2D eigenvalue weighted by atomic mass is 10.0. The molecule has 2 N–H and O–H groups in total. The molecule has 1 rings (SSSR count). The monoisotopic (exact) mass is 248 g/mol. The highest BCUT2D eigenvalue weighted by Crippen LogP contribution is 2.26. The Kier molecular flexibility index (Phi) is 6.47. The van der Waals surface area contributed by atoms with Gasteiger partial charge in [-0.2, -0.15) is 0 Å². The second-order valence-electron chi connectivity index (χ2n) is 4.30. The van der Waals surface area contributed by atoms with Crippen LogP contribution in [0.1, 0.15) is 24.9 Å². The standard InChI is InChI=1S/C15H24N2O/c1-4-10-17(11-12-18-3)15-9-7-6-8-13(15)14(16)5-2/h4,6-9,14H,1,5,10-12,16H2,2-3H3/t14-/m1/s1. The summed E-state index contributed by atoms with van der Waals surface area (Å²) in [6, 6.07) is 8.38. The van der Waals surface area contributed by atoms with Gasteiger partial charge in [0.1, 0.15) is 0 Å². The summed E-state index contributed by atoms with van der Waals surface area (Å²) in [7, 11) is 1.72. The Morgan fingerprint density at radius 2 is 2.17 bits per heavy atom. The smallest absolute Gasteiger partial charge is 0.0637 e. The number of hydrogen-bond acceptors (Lipinski definition) is 3. The van der Waals surface area contributed by atoms with E-state index in [1.165, 1.54) is 11.3 Å². The van der Waals surface area contributed by atoms with Crippen molar-refractivity contribution < 1.29 is 4.74 Å². The first-order valence-corrected chi connectivity index (χ1v) is 6.43. The predicted octanol–water partition coefficient (Wildman–Crippen LogP) is 2.74. The van der Waals surface area contributed by atoms with Gasteiger partial charge in [0.05, 0.1) is 6.61 Å². The highest BCUT2D eigenvalue weighted by atomic mass is 16.5. The molecule has 0 amide bonds. The maximum atomic E-state index is 6.17. The predicted molar refractivity (Wildman–Crippen MR) is 77.9 cm³/mol. The van der Waals surface area contributed by atoms with E-state index in [0.29, 0.717) is 6.61 Å². The van der Waals surface area contributed by atoms with Gasteiger partial charge in [-0.1, -0.05) is 31.2 Å². The van der Waals surface area contributed by atoms with Gasteiger partial charge >= 0.3 is 0 Å². The molecular weight excluding hydrogens is 224 g/mol. The summed E-state index contributed by atoms with van der Waals surface area (Å²) in [5.41, 5.74) is 8.55. The van der Waals surface area contributed by atoms with Gasteiger partial charge in [0.15, 0.2) is 0 Å². The van der Waals surface area contributed by atoms with Crippen molar-refractivity contribution in [1.29, 1.82) is 0 Å². The molecule has 0 saturated carbocycles. The fourth-order valence-corrected chi connectivity index (χ4v) is 1.98. The Bertz CT molecular complexity index is 365. The van der Waals surface area contributed by atoms with E-state index in [4.69, 9.17) is 10.5 Å². The number of hydrogen-bond donors (Lipinski definition) is 1. The summed E-state index contributed by atoms with van der Waals surface area (Å²) in [6.45, 7) is 8.26. The first-order chi connectivity index (χ1) is 8.74. The van der Waals surface area contributed by atoms with Crippen molar-refractivity contribution in [2.45, 2.75) is 19.4 Å². The molecule has 0 radical (unpaired) electrons. The van der Waals surface area contributed by atoms with Gasteiger partial charge in [0, 0.05) is 31.9 Å². The molecule has 0 spiro atoms. The number of anilines is 1. The molecule has 0 bridgehead atoms. The Hall–Kier alpha value is -1.32. The second kappa shape index (κ2) is 7.90. The number of para-hydroxylation sites is 1. The maximum Gasteiger partial charge on any atom is 0.0637 e. The molecule has 3 nitrogen and oxygen atoms in total. The molecule has 0 aliphatic heterocycles. The molecule has 100 valence electrons. The Labute approximate surface area is 110 Å². The molecule has 0 aliphatic carbocycles. The highest BCUT2D eigenvalue weighted by Gasteiger charge is 2.13. The van der Waals surface area contributed by atoms with Crippen LogP contribution in [0.4, 0.5) is 5.69 Å². The zero-order valence-corrected chi connectivity index (χ0v) is 11.4. The van der Waals surface area contributed by atoms with E-state index >= 15 is 0 Å². The average molecular weight is 248 g/mol. The van der Waals surface area contributed by atoms with Gasteiger partial charge in [-0.25, -0.2) is 0 Å². The molecule has 0 fully saturated rings. The van der Waals surface area contributed by atoms with Crippen LogP contribution in [0.25, 0.3) is 0 Å². The van der Waals surface area contributed by atoms with Crippen molar-refractivity contribution in [1.82, 2.24) is 0 Å². The topological polar surface area (TPSA) is 38.5 Å². The Balaban J connectivity index is 2.98. The van der Waals surface area contributed by atoms with Gasteiger partial charge in [0.25, 0.3) is 0 Å². The summed E-state index contributed by atoms with van der Waals surface area (Å²) >= 11 is 0. The zero-order chi connectivity index (χ0) is 13.4. The summed E-state index contributed by atoms with van der Waals surface area (Å²) in [6.07, 6.45) is 2.84. The van der Waals surface area contributed by atoms with Crippen LogP contribution >= 0.6 is 0 Å². The van der Waals surface area contributed by atoms with Crippen molar-refractivity contribution in [2.75, 3.05) is 31.7 Å². The van der Waals surface area contributed by atoms with E-state index < -0.39 is 0 Å². The van der Waals surface area contributed by atoms with Crippen molar-refractivity contribution >= 4 is 5.69 Å². The summed E-state index contributed by atoms with van der Waals surface area (Å²) in [5, 5.41) is 0. The van der Waals surface area contributed by atoms with E-state index in [1.54, 1.807) is 7.11 Å². The van der Waals surface area contributed by atoms with E-state index in [1.807, 2.05) is 18.2 Å². The zero-order valence-electron chi connectivity index (χ0n) is 11.4. The van der Waals surface area contributed by atoms with Gasteiger partial charge < -0.3 is 15.4 Å². The number of benzene rings is 1. The van der Waals surface area contributed by atoms with E-state index in [0.717, 1.165) is 19.5 Å². The number of rotatable bonds is 8.